The molecule has 0 unspecified atom stereocenters. The zero-order chi connectivity index (χ0) is 21.1. The van der Waals surface area contributed by atoms with E-state index in [1.807, 2.05) is 0 Å². The van der Waals surface area contributed by atoms with Gasteiger partial charge in [-0.3, -0.25) is 38.8 Å². The van der Waals surface area contributed by atoms with Crippen LogP contribution in [0.5, 0.6) is 0 Å². The van der Waals surface area contributed by atoms with Gasteiger partial charge in [0.05, 0.1) is 26.2 Å². The zero-order valence-electron chi connectivity index (χ0n) is 16.0. The third-order valence-electron chi connectivity index (χ3n) is 4.37. The van der Waals surface area contributed by atoms with Crippen molar-refractivity contribution in [2.45, 2.75) is 0 Å². The zero-order valence-corrected chi connectivity index (χ0v) is 16.9. The maximum Gasteiger partial charge on any atom is 0.317 e. The average Bonchev–Trinajstić information content (AvgIpc) is 2.55. The van der Waals surface area contributed by atoms with E-state index >= 15 is 0 Å². The molecule has 0 bridgehead atoms. The molecular formula is C16H28CuN4O8. The van der Waals surface area contributed by atoms with E-state index in [0.717, 1.165) is 0 Å². The molecule has 1 saturated heterocycles. The van der Waals surface area contributed by atoms with Crippen LogP contribution in [0.4, 0.5) is 0 Å². The van der Waals surface area contributed by atoms with Crippen LogP contribution in [0.25, 0.3) is 0 Å². The second kappa shape index (κ2) is 14.3. The quantitative estimate of drug-likeness (QED) is 0.279. The van der Waals surface area contributed by atoms with Gasteiger partial charge in [0, 0.05) is 69.4 Å². The normalized spacial score (nSPS) is 18.8. The van der Waals surface area contributed by atoms with Gasteiger partial charge in [0.25, 0.3) is 0 Å². The first-order chi connectivity index (χ1) is 13.2. The van der Waals surface area contributed by atoms with Crippen molar-refractivity contribution < 1.29 is 56.7 Å². The van der Waals surface area contributed by atoms with Gasteiger partial charge in [0.2, 0.25) is 0 Å². The van der Waals surface area contributed by atoms with Gasteiger partial charge in [0.1, 0.15) is 0 Å². The number of nitrogens with zero attached hydrogens (tertiary/aromatic N) is 4. The van der Waals surface area contributed by atoms with Gasteiger partial charge in [-0.1, -0.05) is 0 Å². The summed E-state index contributed by atoms with van der Waals surface area (Å²) in [5.74, 6) is -4.08. The summed E-state index contributed by atoms with van der Waals surface area (Å²) in [6, 6.07) is 0. The van der Waals surface area contributed by atoms with Gasteiger partial charge < -0.3 is 20.4 Å². The maximum absolute atomic E-state index is 11.1. The molecule has 171 valence electrons. The predicted molar refractivity (Wildman–Crippen MR) is 96.3 cm³/mol. The average molecular weight is 468 g/mol. The van der Waals surface area contributed by atoms with Gasteiger partial charge in [-0.05, 0) is 0 Å². The summed E-state index contributed by atoms with van der Waals surface area (Å²) in [5, 5.41) is 36.3. The van der Waals surface area contributed by atoms with Crippen LogP contribution in [0.1, 0.15) is 0 Å². The minimum absolute atomic E-state index is 0. The molecule has 0 saturated carbocycles. The Kier molecular flexibility index (Phi) is 13.4. The predicted octanol–water partition coefficient (Wildman–Crippen LogP) is -2.46. The van der Waals surface area contributed by atoms with Crippen molar-refractivity contribution in [1.82, 2.24) is 19.6 Å². The molecule has 1 rings (SSSR count). The Morgan fingerprint density at radius 1 is 0.448 bits per heavy atom. The Morgan fingerprint density at radius 3 is 0.690 bits per heavy atom. The fourth-order valence-corrected chi connectivity index (χ4v) is 2.98. The fraction of sp³-hybridized carbons (Fsp3) is 0.750. The van der Waals surface area contributed by atoms with E-state index in [9.17, 15) is 19.2 Å². The van der Waals surface area contributed by atoms with Crippen LogP contribution < -0.4 is 0 Å². The van der Waals surface area contributed by atoms with E-state index in [1.54, 1.807) is 19.6 Å². The van der Waals surface area contributed by atoms with E-state index < -0.39 is 23.9 Å². The molecule has 0 spiro atoms. The minimum atomic E-state index is -1.02. The first-order valence-corrected chi connectivity index (χ1v) is 8.92. The Balaban J connectivity index is 0.00000784. The number of carbonyl (C=O) groups is 4. The number of hydrogen-bond acceptors (Lipinski definition) is 8. The van der Waals surface area contributed by atoms with Gasteiger partial charge in [-0.15, -0.1) is 0 Å². The number of carboxylic acid groups (broad SMARTS) is 4. The van der Waals surface area contributed by atoms with Gasteiger partial charge in [0.15, 0.2) is 0 Å². The standard InChI is InChI=1S/C16H28N4O8.Cu/c21-13(22)9-17-1-2-18(10-14(23)24)5-6-20(12-16(27)28)8-7-19(4-3-17)11-15(25)26;/h1-12H2,(H,21,22)(H,23,24)(H,25,26)(H,27,28);. The fourth-order valence-electron chi connectivity index (χ4n) is 2.98. The smallest absolute Gasteiger partial charge is 0.317 e. The van der Waals surface area contributed by atoms with Crippen molar-refractivity contribution in [2.75, 3.05) is 78.5 Å². The first kappa shape index (κ1) is 27.2. The Hall–Kier alpha value is -1.76. The van der Waals surface area contributed by atoms with Crippen LogP contribution >= 0.6 is 0 Å². The second-order valence-electron chi connectivity index (χ2n) is 6.68. The minimum Gasteiger partial charge on any atom is -0.480 e. The Morgan fingerprint density at radius 2 is 0.586 bits per heavy atom. The van der Waals surface area contributed by atoms with E-state index in [1.165, 1.54) is 0 Å². The van der Waals surface area contributed by atoms with Crippen LogP contribution in [0.3, 0.4) is 0 Å². The summed E-state index contributed by atoms with van der Waals surface area (Å²) >= 11 is 0. The van der Waals surface area contributed by atoms with Gasteiger partial charge in [-0.25, -0.2) is 0 Å². The summed E-state index contributed by atoms with van der Waals surface area (Å²) in [4.78, 5) is 50.9. The van der Waals surface area contributed by atoms with Crippen molar-refractivity contribution in [3.63, 3.8) is 0 Å². The number of hydrogen-bond donors (Lipinski definition) is 4. The molecule has 1 aliphatic heterocycles. The summed E-state index contributed by atoms with van der Waals surface area (Å²) in [6.07, 6.45) is 0. The number of rotatable bonds is 8. The molecule has 12 nitrogen and oxygen atoms in total. The first-order valence-electron chi connectivity index (χ1n) is 8.92. The van der Waals surface area contributed by atoms with Crippen molar-refractivity contribution in [3.05, 3.63) is 0 Å². The molecule has 0 aromatic rings. The number of aliphatic carboxylic acids is 4. The Bertz CT molecular complexity index is 453. The van der Waals surface area contributed by atoms with Crippen LogP contribution in [-0.2, 0) is 36.2 Å². The molecule has 1 heterocycles. The molecule has 1 aliphatic rings. The summed E-state index contributed by atoms with van der Waals surface area (Å²) in [5.41, 5.74) is 0. The second-order valence-corrected chi connectivity index (χ2v) is 6.68. The van der Waals surface area contributed by atoms with Gasteiger partial charge in [-0.2, -0.15) is 0 Å². The summed E-state index contributed by atoms with van der Waals surface area (Å²) in [6.45, 7) is 1.52. The van der Waals surface area contributed by atoms with Gasteiger partial charge >= 0.3 is 23.9 Å². The molecule has 0 atom stereocenters. The molecule has 1 radical (unpaired) electrons. The molecule has 0 amide bonds. The third kappa shape index (κ3) is 13.2. The van der Waals surface area contributed by atoms with Crippen LogP contribution in [0.2, 0.25) is 0 Å². The SMILES string of the molecule is O=C(O)CN1CCN(CC(=O)O)CCN(CC(=O)O)CCN(CC(=O)O)CC1.[Cu]. The van der Waals surface area contributed by atoms with Crippen molar-refractivity contribution in [1.29, 1.82) is 0 Å². The molecule has 0 aliphatic carbocycles. The monoisotopic (exact) mass is 467 g/mol. The molecule has 4 N–H and O–H groups in total. The molecule has 0 aromatic heterocycles. The Labute approximate surface area is 179 Å². The summed E-state index contributed by atoms with van der Waals surface area (Å²) < 4.78 is 0. The molecule has 1 fully saturated rings. The summed E-state index contributed by atoms with van der Waals surface area (Å²) in [7, 11) is 0. The van der Waals surface area contributed by atoms with Crippen LogP contribution in [0.15, 0.2) is 0 Å². The number of carboxylic acids is 4. The third-order valence-corrected chi connectivity index (χ3v) is 4.37. The molecular weight excluding hydrogens is 440 g/mol. The van der Waals surface area contributed by atoms with E-state index in [0.29, 0.717) is 52.4 Å². The topological polar surface area (TPSA) is 162 Å². The van der Waals surface area contributed by atoms with Crippen molar-refractivity contribution in [3.8, 4) is 0 Å². The largest absolute Gasteiger partial charge is 0.480 e. The molecule has 0 aromatic carbocycles. The molecule has 29 heavy (non-hydrogen) atoms. The maximum atomic E-state index is 11.1. The van der Waals surface area contributed by atoms with Crippen LogP contribution in [0, 0.1) is 0 Å². The molecule has 13 heteroatoms. The van der Waals surface area contributed by atoms with E-state index in [4.69, 9.17) is 20.4 Å². The van der Waals surface area contributed by atoms with E-state index in [-0.39, 0.29) is 43.2 Å². The van der Waals surface area contributed by atoms with Crippen molar-refractivity contribution >= 4 is 23.9 Å². The van der Waals surface area contributed by atoms with Crippen LogP contribution in [-0.4, -0.2) is 142 Å². The van der Waals surface area contributed by atoms with Crippen molar-refractivity contribution in [2.24, 2.45) is 0 Å². The van der Waals surface area contributed by atoms with E-state index in [2.05, 4.69) is 0 Å².